The summed E-state index contributed by atoms with van der Waals surface area (Å²) >= 11 is 0. The zero-order valence-corrected chi connectivity index (χ0v) is 22.9. The molecule has 0 spiro atoms. The molecule has 0 bridgehead atoms. The highest BCUT2D eigenvalue weighted by atomic mass is 16.2. The number of nitrogens with one attached hydrogen (secondary N) is 1. The van der Waals surface area contributed by atoms with Gasteiger partial charge in [-0.05, 0) is 90.9 Å². The Morgan fingerprint density at radius 2 is 1.91 bits per heavy atom. The van der Waals surface area contributed by atoms with E-state index in [2.05, 4.69) is 51.1 Å². The molecule has 5 rings (SSSR count). The van der Waals surface area contributed by atoms with Crippen LogP contribution in [0.15, 0.2) is 17.8 Å². The number of rotatable bonds is 4. The van der Waals surface area contributed by atoms with Crippen LogP contribution in [0.3, 0.4) is 0 Å². The molecule has 1 N–H and O–H groups in total. The van der Waals surface area contributed by atoms with E-state index in [0.717, 1.165) is 36.3 Å². The van der Waals surface area contributed by atoms with E-state index in [9.17, 15) is 9.59 Å². The molecule has 1 heterocycles. The molecular formula is C30H45N3O2. The Bertz CT molecular complexity index is 1070. The van der Waals surface area contributed by atoms with Crippen molar-refractivity contribution in [3.8, 4) is 0 Å². The molecule has 1 aromatic heterocycles. The smallest absolute Gasteiger partial charge is 0.244 e. The van der Waals surface area contributed by atoms with Crippen LogP contribution >= 0.6 is 0 Å². The SMILES string of the molecule is CNC(=O)CC[C@@H](C)[C@H]1CC[C@H]2[C@@H]3CC=C4C(C)(C)c5c(cnn5C(C)=O)C[C@]4(C)[C@H]3CC[C@]12C. The number of hydrogen-bond donors (Lipinski definition) is 1. The van der Waals surface area contributed by atoms with Gasteiger partial charge in [0, 0.05) is 25.8 Å². The Hall–Kier alpha value is -1.91. The van der Waals surface area contributed by atoms with Crippen LogP contribution in [0, 0.1) is 40.4 Å². The van der Waals surface area contributed by atoms with E-state index >= 15 is 0 Å². The van der Waals surface area contributed by atoms with E-state index in [1.165, 1.54) is 37.7 Å². The van der Waals surface area contributed by atoms with Crippen molar-refractivity contribution in [1.29, 1.82) is 0 Å². The minimum Gasteiger partial charge on any atom is -0.359 e. The van der Waals surface area contributed by atoms with Gasteiger partial charge in [-0.3, -0.25) is 9.59 Å². The summed E-state index contributed by atoms with van der Waals surface area (Å²) in [4.78, 5) is 24.2. The summed E-state index contributed by atoms with van der Waals surface area (Å²) in [6.07, 6.45) is 13.6. The zero-order chi connectivity index (χ0) is 25.3. The van der Waals surface area contributed by atoms with Gasteiger partial charge < -0.3 is 5.32 Å². The van der Waals surface area contributed by atoms with E-state index in [-0.39, 0.29) is 22.6 Å². The van der Waals surface area contributed by atoms with Gasteiger partial charge in [-0.1, -0.05) is 46.3 Å². The molecule has 0 radical (unpaired) electrons. The zero-order valence-electron chi connectivity index (χ0n) is 22.9. The van der Waals surface area contributed by atoms with Gasteiger partial charge in [-0.25, -0.2) is 4.68 Å². The number of amides is 1. The summed E-state index contributed by atoms with van der Waals surface area (Å²) in [6.45, 7) is 13.7. The van der Waals surface area contributed by atoms with Gasteiger partial charge in [0.1, 0.15) is 0 Å². The van der Waals surface area contributed by atoms with Gasteiger partial charge in [0.15, 0.2) is 0 Å². The van der Waals surface area contributed by atoms with Crippen LogP contribution in [0.4, 0.5) is 0 Å². The van der Waals surface area contributed by atoms with Crippen LogP contribution in [-0.4, -0.2) is 28.6 Å². The molecule has 1 amide bonds. The molecule has 7 atom stereocenters. The van der Waals surface area contributed by atoms with Gasteiger partial charge >= 0.3 is 0 Å². The van der Waals surface area contributed by atoms with Crippen molar-refractivity contribution >= 4 is 11.8 Å². The maximum absolute atomic E-state index is 12.3. The van der Waals surface area contributed by atoms with Crippen molar-refractivity contribution in [2.75, 3.05) is 7.05 Å². The number of carbonyl (C=O) groups excluding carboxylic acids is 2. The second kappa shape index (κ2) is 8.31. The molecule has 1 aromatic rings. The highest BCUT2D eigenvalue weighted by molar-refractivity contribution is 5.77. The Balaban J connectivity index is 1.44. The number of fused-ring (bicyclic) bond motifs is 6. The first kappa shape index (κ1) is 24.8. The van der Waals surface area contributed by atoms with E-state index in [1.807, 2.05) is 6.20 Å². The number of allylic oxidation sites excluding steroid dienone is 2. The fraction of sp³-hybridized carbons (Fsp3) is 0.767. The third-order valence-electron chi connectivity index (χ3n) is 11.3. The lowest BCUT2D eigenvalue weighted by Crippen LogP contribution is -2.54. The third-order valence-corrected chi connectivity index (χ3v) is 11.3. The molecule has 2 saturated carbocycles. The van der Waals surface area contributed by atoms with Gasteiger partial charge in [0.25, 0.3) is 0 Å². The topological polar surface area (TPSA) is 64.0 Å². The molecule has 5 nitrogen and oxygen atoms in total. The van der Waals surface area contributed by atoms with Crippen LogP contribution in [0.2, 0.25) is 0 Å². The molecule has 0 unspecified atom stereocenters. The minimum atomic E-state index is -0.178. The molecule has 5 heteroatoms. The van der Waals surface area contributed by atoms with Crippen LogP contribution in [0.25, 0.3) is 0 Å². The van der Waals surface area contributed by atoms with Crippen molar-refractivity contribution in [2.45, 2.75) is 98.3 Å². The molecule has 4 aliphatic rings. The maximum atomic E-state index is 12.3. The third kappa shape index (κ3) is 3.50. The van der Waals surface area contributed by atoms with Gasteiger partial charge in [-0.15, -0.1) is 0 Å². The lowest BCUT2D eigenvalue weighted by molar-refractivity contribution is -0.121. The highest BCUT2D eigenvalue weighted by Gasteiger charge is 2.61. The second-order valence-corrected chi connectivity index (χ2v) is 13.3. The van der Waals surface area contributed by atoms with Crippen molar-refractivity contribution in [2.24, 2.45) is 40.4 Å². The summed E-state index contributed by atoms with van der Waals surface area (Å²) in [5, 5.41) is 7.32. The molecular weight excluding hydrogens is 434 g/mol. The first-order valence-corrected chi connectivity index (χ1v) is 13.9. The Kier molecular flexibility index (Phi) is 5.88. The van der Waals surface area contributed by atoms with E-state index in [0.29, 0.717) is 23.7 Å². The van der Waals surface area contributed by atoms with Crippen LogP contribution in [0.5, 0.6) is 0 Å². The van der Waals surface area contributed by atoms with Gasteiger partial charge in [-0.2, -0.15) is 5.10 Å². The molecule has 35 heavy (non-hydrogen) atoms. The summed E-state index contributed by atoms with van der Waals surface area (Å²) in [7, 11) is 1.74. The Labute approximate surface area is 211 Å². The second-order valence-electron chi connectivity index (χ2n) is 13.3. The maximum Gasteiger partial charge on any atom is 0.244 e. The number of aromatic nitrogens is 2. The van der Waals surface area contributed by atoms with Crippen molar-refractivity contribution < 1.29 is 9.59 Å². The average molecular weight is 480 g/mol. The van der Waals surface area contributed by atoms with E-state index < -0.39 is 0 Å². The monoisotopic (exact) mass is 479 g/mol. The Morgan fingerprint density at radius 1 is 1.17 bits per heavy atom. The fourth-order valence-corrected chi connectivity index (χ4v) is 9.89. The fourth-order valence-electron chi connectivity index (χ4n) is 9.89. The summed E-state index contributed by atoms with van der Waals surface area (Å²) in [5.41, 5.74) is 4.26. The highest BCUT2D eigenvalue weighted by Crippen LogP contribution is 2.68. The summed E-state index contributed by atoms with van der Waals surface area (Å²) in [5.74, 6) is 3.69. The van der Waals surface area contributed by atoms with Crippen LogP contribution < -0.4 is 5.32 Å². The van der Waals surface area contributed by atoms with Crippen LogP contribution in [-0.2, 0) is 16.6 Å². The lowest BCUT2D eigenvalue weighted by atomic mass is 9.44. The lowest BCUT2D eigenvalue weighted by Gasteiger charge is -2.60. The van der Waals surface area contributed by atoms with Gasteiger partial charge in [0.2, 0.25) is 11.8 Å². The molecule has 192 valence electrons. The average Bonchev–Trinajstić information content (AvgIpc) is 3.38. The minimum absolute atomic E-state index is 0.00758. The molecule has 0 aliphatic heterocycles. The van der Waals surface area contributed by atoms with E-state index in [1.54, 1.807) is 24.2 Å². The first-order chi connectivity index (χ1) is 16.4. The number of nitrogens with zero attached hydrogens (tertiary/aromatic N) is 2. The summed E-state index contributed by atoms with van der Waals surface area (Å²) < 4.78 is 1.65. The predicted octanol–water partition coefficient (Wildman–Crippen LogP) is 5.93. The number of carbonyl (C=O) groups is 2. The first-order valence-electron chi connectivity index (χ1n) is 13.9. The van der Waals surface area contributed by atoms with Crippen molar-refractivity contribution in [3.05, 3.63) is 29.1 Å². The molecule has 2 fully saturated rings. The predicted molar refractivity (Wildman–Crippen MR) is 139 cm³/mol. The van der Waals surface area contributed by atoms with Gasteiger partial charge in [0.05, 0.1) is 11.9 Å². The molecule has 4 aliphatic carbocycles. The van der Waals surface area contributed by atoms with Crippen molar-refractivity contribution in [3.63, 3.8) is 0 Å². The quantitative estimate of drug-likeness (QED) is 0.544. The molecule has 0 aromatic carbocycles. The van der Waals surface area contributed by atoms with E-state index in [4.69, 9.17) is 0 Å². The normalized spacial score (nSPS) is 37.9. The Morgan fingerprint density at radius 3 is 2.60 bits per heavy atom. The van der Waals surface area contributed by atoms with Crippen molar-refractivity contribution in [1.82, 2.24) is 15.1 Å². The standard InChI is InChI=1S/C30H45N3O2/c1-18(8-13-26(35)31-7)22-10-11-23-21-9-12-25-28(3,4)27-20(17-32-33(27)19(2)34)16-30(25,6)24(21)14-15-29(22,23)5/h12,17-18,21-24H,8-11,13-16H2,1-7H3,(H,31,35)/t18-,21+,22-,23+,24+,29-,30-/m1/s1. The largest absolute Gasteiger partial charge is 0.359 e. The van der Waals surface area contributed by atoms with Crippen LogP contribution in [0.1, 0.15) is 103 Å². The number of hydrogen-bond acceptors (Lipinski definition) is 3. The summed E-state index contributed by atoms with van der Waals surface area (Å²) in [6, 6.07) is 0. The molecule has 0 saturated heterocycles.